The summed E-state index contributed by atoms with van der Waals surface area (Å²) < 4.78 is 14.0. The van der Waals surface area contributed by atoms with Crippen LogP contribution in [0.4, 0.5) is 10.1 Å². The molecule has 1 aromatic carbocycles. The van der Waals surface area contributed by atoms with Crippen LogP contribution in [-0.2, 0) is 11.3 Å². The molecule has 4 nitrogen and oxygen atoms in total. The van der Waals surface area contributed by atoms with E-state index in [2.05, 4.69) is 5.32 Å². The number of nitrogens with one attached hydrogen (secondary N) is 1. The lowest BCUT2D eigenvalue weighted by atomic mass is 10.0. The minimum atomic E-state index is -0.319. The van der Waals surface area contributed by atoms with Crippen molar-refractivity contribution < 1.29 is 9.18 Å². The van der Waals surface area contributed by atoms with Crippen LogP contribution in [0.3, 0.4) is 0 Å². The van der Waals surface area contributed by atoms with Crippen molar-refractivity contribution in [2.45, 2.75) is 25.9 Å². The molecule has 1 atom stereocenters. The Morgan fingerprint density at radius 2 is 2.33 bits per heavy atom. The summed E-state index contributed by atoms with van der Waals surface area (Å²) in [6.45, 7) is 3.33. The predicted octanol–water partition coefficient (Wildman–Crippen LogP) is 0.999. The van der Waals surface area contributed by atoms with E-state index >= 15 is 0 Å². The Balaban J connectivity index is 2.43. The third kappa shape index (κ3) is 2.18. The number of nitrogens with zero attached hydrogens (tertiary/aromatic N) is 1. The molecule has 2 rings (SSSR count). The van der Waals surface area contributed by atoms with Crippen molar-refractivity contribution >= 4 is 11.6 Å². The van der Waals surface area contributed by atoms with Crippen LogP contribution in [-0.4, -0.2) is 25.0 Å². The average molecular weight is 251 g/mol. The van der Waals surface area contributed by atoms with Crippen molar-refractivity contribution in [1.29, 1.82) is 0 Å². The average Bonchev–Trinajstić information content (AvgIpc) is 2.38. The Kier molecular flexibility index (Phi) is 3.81. The van der Waals surface area contributed by atoms with Gasteiger partial charge in [-0.15, -0.1) is 0 Å². The first-order valence-corrected chi connectivity index (χ1v) is 6.20. The third-order valence-corrected chi connectivity index (χ3v) is 3.29. The minimum Gasteiger partial charge on any atom is -0.355 e. The van der Waals surface area contributed by atoms with Crippen molar-refractivity contribution in [3.8, 4) is 0 Å². The van der Waals surface area contributed by atoms with Gasteiger partial charge in [-0.25, -0.2) is 4.39 Å². The van der Waals surface area contributed by atoms with E-state index in [1.165, 1.54) is 6.07 Å². The van der Waals surface area contributed by atoms with Crippen LogP contribution in [0, 0.1) is 5.82 Å². The summed E-state index contributed by atoms with van der Waals surface area (Å²) in [5.74, 6) is -0.360. The Morgan fingerprint density at radius 3 is 3.00 bits per heavy atom. The van der Waals surface area contributed by atoms with Gasteiger partial charge in [0.1, 0.15) is 11.9 Å². The molecule has 1 aliphatic heterocycles. The molecule has 5 heteroatoms. The maximum absolute atomic E-state index is 14.0. The van der Waals surface area contributed by atoms with Crippen LogP contribution >= 0.6 is 0 Å². The van der Waals surface area contributed by atoms with E-state index in [4.69, 9.17) is 5.73 Å². The number of carbonyl (C=O) groups is 1. The van der Waals surface area contributed by atoms with Gasteiger partial charge in [-0.05, 0) is 18.1 Å². The standard InChI is InChI=1S/C13H18FN3O/c1-2-11-13(18)16-6-7-17(11)12-9(8-15)4-3-5-10(12)14/h3-5,11H,2,6-8,15H2,1H3,(H,16,18). The second-order valence-corrected chi connectivity index (χ2v) is 4.36. The molecule has 0 aromatic heterocycles. The molecule has 1 amide bonds. The lowest BCUT2D eigenvalue weighted by Crippen LogP contribution is -2.55. The van der Waals surface area contributed by atoms with Crippen LogP contribution in [0.2, 0.25) is 0 Å². The molecule has 1 unspecified atom stereocenters. The van der Waals surface area contributed by atoms with Crippen molar-refractivity contribution in [1.82, 2.24) is 5.32 Å². The monoisotopic (exact) mass is 251 g/mol. The van der Waals surface area contributed by atoms with Gasteiger partial charge in [-0.3, -0.25) is 4.79 Å². The number of benzene rings is 1. The smallest absolute Gasteiger partial charge is 0.242 e. The zero-order valence-electron chi connectivity index (χ0n) is 10.4. The normalized spacial score (nSPS) is 19.8. The van der Waals surface area contributed by atoms with Crippen LogP contribution in [0.25, 0.3) is 0 Å². The second kappa shape index (κ2) is 5.35. The molecule has 0 spiro atoms. The van der Waals surface area contributed by atoms with Gasteiger partial charge in [-0.2, -0.15) is 0 Å². The molecule has 0 saturated carbocycles. The fraction of sp³-hybridized carbons (Fsp3) is 0.462. The highest BCUT2D eigenvalue weighted by molar-refractivity contribution is 5.86. The first kappa shape index (κ1) is 12.8. The van der Waals surface area contributed by atoms with E-state index in [9.17, 15) is 9.18 Å². The molecular weight excluding hydrogens is 233 g/mol. The highest BCUT2D eigenvalue weighted by Crippen LogP contribution is 2.27. The fourth-order valence-corrected chi connectivity index (χ4v) is 2.43. The number of para-hydroxylation sites is 1. The quantitative estimate of drug-likeness (QED) is 0.842. The topological polar surface area (TPSA) is 58.4 Å². The van der Waals surface area contributed by atoms with Gasteiger partial charge in [0.2, 0.25) is 5.91 Å². The van der Waals surface area contributed by atoms with Crippen LogP contribution < -0.4 is 16.0 Å². The van der Waals surface area contributed by atoms with Crippen LogP contribution in [0.1, 0.15) is 18.9 Å². The first-order valence-electron chi connectivity index (χ1n) is 6.20. The van der Waals surface area contributed by atoms with Crippen LogP contribution in [0.5, 0.6) is 0 Å². The third-order valence-electron chi connectivity index (χ3n) is 3.29. The number of rotatable bonds is 3. The molecular formula is C13H18FN3O. The summed E-state index contributed by atoms with van der Waals surface area (Å²) in [6.07, 6.45) is 0.643. The van der Waals surface area contributed by atoms with Crippen LogP contribution in [0.15, 0.2) is 18.2 Å². The van der Waals surface area contributed by atoms with Gasteiger partial charge in [0.15, 0.2) is 0 Å². The highest BCUT2D eigenvalue weighted by atomic mass is 19.1. The van der Waals surface area contributed by atoms with E-state index in [0.717, 1.165) is 5.56 Å². The molecule has 18 heavy (non-hydrogen) atoms. The number of hydrogen-bond acceptors (Lipinski definition) is 3. The first-order chi connectivity index (χ1) is 8.69. The van der Waals surface area contributed by atoms with Crippen molar-refractivity contribution in [2.75, 3.05) is 18.0 Å². The van der Waals surface area contributed by atoms with E-state index in [1.54, 1.807) is 12.1 Å². The van der Waals surface area contributed by atoms with Gasteiger partial charge in [0.25, 0.3) is 0 Å². The van der Waals surface area contributed by atoms with Gasteiger partial charge in [0.05, 0.1) is 5.69 Å². The zero-order chi connectivity index (χ0) is 13.1. The van der Waals surface area contributed by atoms with E-state index in [-0.39, 0.29) is 24.3 Å². The maximum Gasteiger partial charge on any atom is 0.242 e. The molecule has 0 aliphatic carbocycles. The largest absolute Gasteiger partial charge is 0.355 e. The molecule has 1 aliphatic rings. The van der Waals surface area contributed by atoms with Gasteiger partial charge < -0.3 is 16.0 Å². The number of piperazine rings is 1. The molecule has 0 radical (unpaired) electrons. The summed E-state index contributed by atoms with van der Waals surface area (Å²) in [5, 5.41) is 2.81. The SMILES string of the molecule is CCC1C(=O)NCCN1c1c(F)cccc1CN. The summed E-state index contributed by atoms with van der Waals surface area (Å²) in [7, 11) is 0. The number of anilines is 1. The van der Waals surface area contributed by atoms with Crippen molar-refractivity contribution in [2.24, 2.45) is 5.73 Å². The van der Waals surface area contributed by atoms with Crippen molar-refractivity contribution in [3.05, 3.63) is 29.6 Å². The summed E-state index contributed by atoms with van der Waals surface area (Å²) in [4.78, 5) is 13.6. The van der Waals surface area contributed by atoms with E-state index < -0.39 is 0 Å². The van der Waals surface area contributed by atoms with E-state index in [0.29, 0.717) is 25.2 Å². The molecule has 1 fully saturated rings. The number of amides is 1. The maximum atomic E-state index is 14.0. The minimum absolute atomic E-state index is 0.0463. The Labute approximate surface area is 106 Å². The lowest BCUT2D eigenvalue weighted by molar-refractivity contribution is -0.123. The number of halogens is 1. The molecule has 1 saturated heterocycles. The summed E-state index contributed by atoms with van der Waals surface area (Å²) in [6, 6.07) is 4.54. The molecule has 1 aromatic rings. The van der Waals surface area contributed by atoms with Gasteiger partial charge in [-0.1, -0.05) is 19.1 Å². The van der Waals surface area contributed by atoms with Gasteiger partial charge >= 0.3 is 0 Å². The molecule has 3 N–H and O–H groups in total. The second-order valence-electron chi connectivity index (χ2n) is 4.36. The number of hydrogen-bond donors (Lipinski definition) is 2. The highest BCUT2D eigenvalue weighted by Gasteiger charge is 2.30. The van der Waals surface area contributed by atoms with E-state index in [1.807, 2.05) is 11.8 Å². The molecule has 1 heterocycles. The Hall–Kier alpha value is -1.62. The summed E-state index contributed by atoms with van der Waals surface area (Å²) in [5.41, 5.74) is 6.87. The Morgan fingerprint density at radius 1 is 1.56 bits per heavy atom. The summed E-state index contributed by atoms with van der Waals surface area (Å²) >= 11 is 0. The fourth-order valence-electron chi connectivity index (χ4n) is 2.43. The predicted molar refractivity (Wildman–Crippen MR) is 68.7 cm³/mol. The van der Waals surface area contributed by atoms with Crippen molar-refractivity contribution in [3.63, 3.8) is 0 Å². The van der Waals surface area contributed by atoms with Gasteiger partial charge in [0, 0.05) is 19.6 Å². The number of carbonyl (C=O) groups excluding carboxylic acids is 1. The lowest BCUT2D eigenvalue weighted by Gasteiger charge is -2.37. The Bertz CT molecular complexity index is 450. The molecule has 98 valence electrons. The molecule has 0 bridgehead atoms. The zero-order valence-corrected chi connectivity index (χ0v) is 10.4. The number of nitrogens with two attached hydrogens (primary N) is 1.